The van der Waals surface area contributed by atoms with Gasteiger partial charge in [-0.25, -0.2) is 9.98 Å². The summed E-state index contributed by atoms with van der Waals surface area (Å²) < 4.78 is 0. The zero-order valence-electron chi connectivity index (χ0n) is 11.5. The number of benzene rings is 1. The molecule has 0 amide bonds. The van der Waals surface area contributed by atoms with Crippen molar-refractivity contribution in [2.45, 2.75) is 13.5 Å². The smallest absolute Gasteiger partial charge is 0.226 e. The van der Waals surface area contributed by atoms with Gasteiger partial charge in [-0.2, -0.15) is 0 Å². The average molecular weight is 254 g/mol. The van der Waals surface area contributed by atoms with Crippen LogP contribution in [-0.4, -0.2) is 36.9 Å². The minimum absolute atomic E-state index is 0.729. The Morgan fingerprint density at radius 2 is 1.95 bits per heavy atom. The lowest BCUT2D eigenvalue weighted by Crippen LogP contribution is -2.23. The first kappa shape index (κ1) is 13.2. The second kappa shape index (κ2) is 6.09. The minimum atomic E-state index is 0.729. The molecule has 0 aliphatic carbocycles. The van der Waals surface area contributed by atoms with Crippen LogP contribution in [0.25, 0.3) is 0 Å². The van der Waals surface area contributed by atoms with Crippen LogP contribution in [0.15, 0.2) is 57.1 Å². The SMILES string of the molecule is C/C=C1/N=C(N(C)Cc2ccccc2)N=C1C=NC. The average Bonchev–Trinajstić information content (AvgIpc) is 2.83. The van der Waals surface area contributed by atoms with Crippen molar-refractivity contribution in [1.82, 2.24) is 4.90 Å². The number of nitrogens with zero attached hydrogens (tertiary/aromatic N) is 4. The highest BCUT2D eigenvalue weighted by molar-refractivity contribution is 6.41. The molecule has 0 saturated heterocycles. The molecule has 0 saturated carbocycles. The third kappa shape index (κ3) is 3.16. The lowest BCUT2D eigenvalue weighted by atomic mass is 10.2. The molecule has 1 heterocycles. The molecule has 0 spiro atoms. The van der Waals surface area contributed by atoms with Gasteiger partial charge in [-0.3, -0.25) is 4.99 Å². The van der Waals surface area contributed by atoms with E-state index < -0.39 is 0 Å². The van der Waals surface area contributed by atoms with Crippen molar-refractivity contribution in [2.24, 2.45) is 15.0 Å². The molecular weight excluding hydrogens is 236 g/mol. The van der Waals surface area contributed by atoms with Crippen LogP contribution in [0, 0.1) is 0 Å². The van der Waals surface area contributed by atoms with Crippen LogP contribution >= 0.6 is 0 Å². The normalized spacial score (nSPS) is 16.9. The highest BCUT2D eigenvalue weighted by atomic mass is 15.3. The Morgan fingerprint density at radius 1 is 1.21 bits per heavy atom. The van der Waals surface area contributed by atoms with Crippen LogP contribution in [0.3, 0.4) is 0 Å². The van der Waals surface area contributed by atoms with Gasteiger partial charge in [-0.05, 0) is 12.5 Å². The maximum Gasteiger partial charge on any atom is 0.226 e. The summed E-state index contributed by atoms with van der Waals surface area (Å²) in [5.41, 5.74) is 2.93. The fraction of sp³-hybridized carbons (Fsp3) is 0.267. The molecule has 1 aromatic carbocycles. The number of hydrogen-bond acceptors (Lipinski definition) is 4. The Kier molecular flexibility index (Phi) is 4.23. The van der Waals surface area contributed by atoms with Gasteiger partial charge in [0.1, 0.15) is 5.71 Å². The van der Waals surface area contributed by atoms with Gasteiger partial charge < -0.3 is 4.90 Å². The predicted octanol–water partition coefficient (Wildman–Crippen LogP) is 2.53. The molecule has 98 valence electrons. The lowest BCUT2D eigenvalue weighted by Gasteiger charge is -2.16. The molecule has 0 fully saturated rings. The fourth-order valence-corrected chi connectivity index (χ4v) is 1.88. The van der Waals surface area contributed by atoms with E-state index in [0.717, 1.165) is 23.9 Å². The largest absolute Gasteiger partial charge is 0.340 e. The van der Waals surface area contributed by atoms with Gasteiger partial charge in [0.25, 0.3) is 0 Å². The van der Waals surface area contributed by atoms with Gasteiger partial charge in [0, 0.05) is 26.9 Å². The quantitative estimate of drug-likeness (QED) is 0.764. The second-order valence-corrected chi connectivity index (χ2v) is 4.31. The third-order valence-corrected chi connectivity index (χ3v) is 2.83. The van der Waals surface area contributed by atoms with Crippen molar-refractivity contribution in [1.29, 1.82) is 0 Å². The Morgan fingerprint density at radius 3 is 2.58 bits per heavy atom. The first-order chi connectivity index (χ1) is 9.24. The molecular formula is C15H18N4. The molecule has 19 heavy (non-hydrogen) atoms. The molecule has 0 aromatic heterocycles. The molecule has 1 aromatic rings. The van der Waals surface area contributed by atoms with Gasteiger partial charge >= 0.3 is 0 Å². The number of hydrogen-bond donors (Lipinski definition) is 0. The Labute approximate surface area is 113 Å². The first-order valence-corrected chi connectivity index (χ1v) is 6.26. The summed E-state index contributed by atoms with van der Waals surface area (Å²) in [5, 5.41) is 0. The van der Waals surface area contributed by atoms with Crippen LogP contribution in [0.5, 0.6) is 0 Å². The summed E-state index contributed by atoms with van der Waals surface area (Å²) in [4.78, 5) is 15.1. The summed E-state index contributed by atoms with van der Waals surface area (Å²) in [5.74, 6) is 0.729. The Bertz CT molecular complexity index is 553. The van der Waals surface area contributed by atoms with Crippen LogP contribution < -0.4 is 0 Å². The van der Waals surface area contributed by atoms with Gasteiger partial charge in [0.05, 0.1) is 5.70 Å². The van der Waals surface area contributed by atoms with Crippen molar-refractivity contribution < 1.29 is 0 Å². The van der Waals surface area contributed by atoms with E-state index in [1.807, 2.05) is 43.1 Å². The van der Waals surface area contributed by atoms with Gasteiger partial charge in [0.15, 0.2) is 0 Å². The molecule has 0 bridgehead atoms. The standard InChI is InChI=1S/C15H18N4/c1-4-13-14(10-16-2)18-15(17-13)19(3)11-12-8-6-5-7-9-12/h4-10H,11H2,1-3H3/b13-4+,16-10?. The molecule has 0 N–H and O–H groups in total. The summed E-state index contributed by atoms with van der Waals surface area (Å²) in [6, 6.07) is 10.3. The van der Waals surface area contributed by atoms with Gasteiger partial charge in [0.2, 0.25) is 5.96 Å². The Balaban J connectivity index is 2.14. The summed E-state index contributed by atoms with van der Waals surface area (Å²) >= 11 is 0. The fourth-order valence-electron chi connectivity index (χ4n) is 1.88. The first-order valence-electron chi connectivity index (χ1n) is 6.26. The predicted molar refractivity (Wildman–Crippen MR) is 81.0 cm³/mol. The van der Waals surface area contributed by atoms with E-state index in [-0.39, 0.29) is 0 Å². The highest BCUT2D eigenvalue weighted by Gasteiger charge is 2.17. The molecule has 2 rings (SSSR count). The summed E-state index contributed by atoms with van der Waals surface area (Å²) in [6.07, 6.45) is 3.69. The van der Waals surface area contributed by atoms with E-state index in [4.69, 9.17) is 0 Å². The maximum absolute atomic E-state index is 4.51. The molecule has 1 aliphatic heterocycles. The van der Waals surface area contributed by atoms with Crippen LogP contribution in [0.1, 0.15) is 12.5 Å². The summed E-state index contributed by atoms with van der Waals surface area (Å²) in [7, 11) is 3.73. The molecule has 4 heteroatoms. The monoisotopic (exact) mass is 254 g/mol. The third-order valence-electron chi connectivity index (χ3n) is 2.83. The molecule has 4 nitrogen and oxygen atoms in total. The molecule has 1 aliphatic rings. The van der Waals surface area contributed by atoms with Crippen molar-refractivity contribution in [3.8, 4) is 0 Å². The van der Waals surface area contributed by atoms with Crippen LogP contribution in [-0.2, 0) is 6.54 Å². The van der Waals surface area contributed by atoms with Crippen LogP contribution in [0.4, 0.5) is 0 Å². The second-order valence-electron chi connectivity index (χ2n) is 4.31. The van der Waals surface area contributed by atoms with E-state index in [9.17, 15) is 0 Å². The van der Waals surface area contributed by atoms with E-state index in [0.29, 0.717) is 0 Å². The number of aliphatic imine (C=N–C) groups is 3. The number of guanidine groups is 1. The molecule has 0 unspecified atom stereocenters. The van der Waals surface area contributed by atoms with Crippen LogP contribution in [0.2, 0.25) is 0 Å². The zero-order valence-corrected chi connectivity index (χ0v) is 11.5. The maximum atomic E-state index is 4.51. The van der Waals surface area contributed by atoms with E-state index in [1.165, 1.54) is 5.56 Å². The lowest BCUT2D eigenvalue weighted by molar-refractivity contribution is 0.496. The van der Waals surface area contributed by atoms with Crippen molar-refractivity contribution in [2.75, 3.05) is 14.1 Å². The van der Waals surface area contributed by atoms with Gasteiger partial charge in [-0.15, -0.1) is 0 Å². The number of allylic oxidation sites excluding steroid dienone is 2. The number of rotatable bonds is 3. The van der Waals surface area contributed by atoms with E-state index in [1.54, 1.807) is 13.3 Å². The zero-order chi connectivity index (χ0) is 13.7. The topological polar surface area (TPSA) is 40.3 Å². The van der Waals surface area contributed by atoms with Crippen molar-refractivity contribution in [3.05, 3.63) is 47.7 Å². The molecule has 0 atom stereocenters. The van der Waals surface area contributed by atoms with Crippen molar-refractivity contribution >= 4 is 17.9 Å². The van der Waals surface area contributed by atoms with E-state index in [2.05, 4.69) is 27.1 Å². The van der Waals surface area contributed by atoms with Crippen molar-refractivity contribution in [3.63, 3.8) is 0 Å². The molecule has 0 radical (unpaired) electrons. The van der Waals surface area contributed by atoms with E-state index >= 15 is 0 Å². The minimum Gasteiger partial charge on any atom is -0.340 e. The summed E-state index contributed by atoms with van der Waals surface area (Å²) in [6.45, 7) is 2.74. The Hall–Kier alpha value is -2.23. The highest BCUT2D eigenvalue weighted by Crippen LogP contribution is 2.13. The van der Waals surface area contributed by atoms with Gasteiger partial charge in [-0.1, -0.05) is 36.4 Å².